The molecule has 1 atom stereocenters. The molecular weight excluding hydrogens is 374 g/mol. The Morgan fingerprint density at radius 3 is 2.57 bits per heavy atom. The first kappa shape index (κ1) is 19.6. The number of imide groups is 1. The molecule has 8 heteroatoms. The van der Waals surface area contributed by atoms with Crippen molar-refractivity contribution in [1.29, 1.82) is 0 Å². The SMILES string of the molecule is Cc1ccc(NC(=O)NC(=O)C(C)Sc2nncn2-c2ccccc2)c(C)c1. The molecule has 2 aromatic carbocycles. The third-order valence-electron chi connectivity index (χ3n) is 4.07. The molecule has 3 aromatic rings. The number of aromatic nitrogens is 3. The van der Waals surface area contributed by atoms with Crippen LogP contribution in [0.15, 0.2) is 60.0 Å². The van der Waals surface area contributed by atoms with E-state index >= 15 is 0 Å². The van der Waals surface area contributed by atoms with Crippen molar-refractivity contribution in [3.63, 3.8) is 0 Å². The third kappa shape index (κ3) is 4.77. The zero-order chi connectivity index (χ0) is 20.1. The van der Waals surface area contributed by atoms with E-state index in [1.165, 1.54) is 11.8 Å². The Morgan fingerprint density at radius 2 is 1.86 bits per heavy atom. The summed E-state index contributed by atoms with van der Waals surface area (Å²) in [5.74, 6) is -0.408. The zero-order valence-corrected chi connectivity index (χ0v) is 16.7. The second-order valence-corrected chi connectivity index (χ2v) is 7.65. The van der Waals surface area contributed by atoms with Crippen LogP contribution in [0.3, 0.4) is 0 Å². The van der Waals surface area contributed by atoms with Gasteiger partial charge in [0.1, 0.15) is 6.33 Å². The first-order valence-electron chi connectivity index (χ1n) is 8.75. The number of hydrogen-bond acceptors (Lipinski definition) is 5. The largest absolute Gasteiger partial charge is 0.325 e. The van der Waals surface area contributed by atoms with E-state index in [1.54, 1.807) is 17.8 Å². The Balaban J connectivity index is 1.61. The van der Waals surface area contributed by atoms with E-state index < -0.39 is 17.2 Å². The maximum atomic E-state index is 12.4. The van der Waals surface area contributed by atoms with Gasteiger partial charge in [0, 0.05) is 11.4 Å². The summed E-state index contributed by atoms with van der Waals surface area (Å²) >= 11 is 1.23. The minimum atomic E-state index is -0.561. The van der Waals surface area contributed by atoms with Crippen molar-refractivity contribution in [2.75, 3.05) is 5.32 Å². The Bertz CT molecular complexity index is 987. The van der Waals surface area contributed by atoms with Gasteiger partial charge in [-0.25, -0.2) is 4.79 Å². The minimum Gasteiger partial charge on any atom is -0.307 e. The number of aryl methyl sites for hydroxylation is 2. The number of para-hydroxylation sites is 1. The number of carbonyl (C=O) groups excluding carboxylic acids is 2. The summed E-state index contributed by atoms with van der Waals surface area (Å²) in [6.45, 7) is 5.60. The van der Waals surface area contributed by atoms with Crippen LogP contribution in [0, 0.1) is 13.8 Å². The summed E-state index contributed by atoms with van der Waals surface area (Å²) in [5, 5.41) is 13.1. The molecule has 0 spiro atoms. The van der Waals surface area contributed by atoms with Crippen LogP contribution in [-0.4, -0.2) is 32.0 Å². The van der Waals surface area contributed by atoms with Crippen LogP contribution in [0.4, 0.5) is 10.5 Å². The molecule has 0 saturated carbocycles. The minimum absolute atomic E-state index is 0.408. The van der Waals surface area contributed by atoms with E-state index in [1.807, 2.05) is 62.4 Å². The van der Waals surface area contributed by atoms with Crippen molar-refractivity contribution in [2.24, 2.45) is 0 Å². The number of amides is 3. The van der Waals surface area contributed by atoms with Crippen molar-refractivity contribution >= 4 is 29.4 Å². The molecule has 0 radical (unpaired) electrons. The summed E-state index contributed by atoms with van der Waals surface area (Å²) in [7, 11) is 0. The highest BCUT2D eigenvalue weighted by atomic mass is 32.2. The topological polar surface area (TPSA) is 88.9 Å². The molecule has 28 heavy (non-hydrogen) atoms. The van der Waals surface area contributed by atoms with Crippen molar-refractivity contribution in [2.45, 2.75) is 31.2 Å². The highest BCUT2D eigenvalue weighted by molar-refractivity contribution is 8.00. The molecule has 3 rings (SSSR count). The van der Waals surface area contributed by atoms with Gasteiger partial charge in [0.2, 0.25) is 5.91 Å². The quantitative estimate of drug-likeness (QED) is 0.643. The molecular formula is C20H21N5O2S. The van der Waals surface area contributed by atoms with Gasteiger partial charge in [0.25, 0.3) is 0 Å². The van der Waals surface area contributed by atoms with E-state index in [9.17, 15) is 9.59 Å². The number of nitrogens with one attached hydrogen (secondary N) is 2. The number of rotatable bonds is 5. The first-order chi connectivity index (χ1) is 13.4. The number of nitrogens with zero attached hydrogens (tertiary/aromatic N) is 3. The van der Waals surface area contributed by atoms with Crippen LogP contribution in [-0.2, 0) is 4.79 Å². The summed E-state index contributed by atoms with van der Waals surface area (Å²) in [6, 6.07) is 14.7. The van der Waals surface area contributed by atoms with Gasteiger partial charge in [-0.05, 0) is 44.5 Å². The fourth-order valence-corrected chi connectivity index (χ4v) is 3.45. The number of anilines is 1. The van der Waals surface area contributed by atoms with E-state index in [0.29, 0.717) is 10.8 Å². The standard InChI is InChI=1S/C20H21N5O2S/c1-13-9-10-17(14(2)11-13)22-19(27)23-18(26)15(3)28-20-24-21-12-25(20)16-7-5-4-6-8-16/h4-12,15H,1-3H3,(H2,22,23,26,27). The molecule has 0 aliphatic rings. The van der Waals surface area contributed by atoms with Gasteiger partial charge in [-0.15, -0.1) is 10.2 Å². The van der Waals surface area contributed by atoms with Gasteiger partial charge in [-0.2, -0.15) is 0 Å². The van der Waals surface area contributed by atoms with Crippen molar-refractivity contribution in [3.05, 3.63) is 66.0 Å². The van der Waals surface area contributed by atoms with Crippen LogP contribution in [0.25, 0.3) is 5.69 Å². The lowest BCUT2D eigenvalue weighted by atomic mass is 10.1. The normalized spacial score (nSPS) is 11.7. The highest BCUT2D eigenvalue weighted by Gasteiger charge is 2.20. The van der Waals surface area contributed by atoms with Gasteiger partial charge in [0.05, 0.1) is 5.25 Å². The monoisotopic (exact) mass is 395 g/mol. The van der Waals surface area contributed by atoms with Crippen molar-refractivity contribution < 1.29 is 9.59 Å². The summed E-state index contributed by atoms with van der Waals surface area (Å²) in [6.07, 6.45) is 1.59. The van der Waals surface area contributed by atoms with Crippen LogP contribution in [0.1, 0.15) is 18.1 Å². The molecule has 0 aliphatic carbocycles. The number of benzene rings is 2. The van der Waals surface area contributed by atoms with E-state index in [2.05, 4.69) is 20.8 Å². The molecule has 3 amide bonds. The molecule has 1 unspecified atom stereocenters. The lowest BCUT2D eigenvalue weighted by molar-refractivity contribution is -0.119. The molecule has 1 heterocycles. The summed E-state index contributed by atoms with van der Waals surface area (Å²) < 4.78 is 1.80. The van der Waals surface area contributed by atoms with E-state index in [-0.39, 0.29) is 0 Å². The second-order valence-electron chi connectivity index (χ2n) is 6.34. The Hall–Kier alpha value is -3.13. The van der Waals surface area contributed by atoms with Gasteiger partial charge >= 0.3 is 6.03 Å². The predicted molar refractivity (Wildman–Crippen MR) is 110 cm³/mol. The highest BCUT2D eigenvalue weighted by Crippen LogP contribution is 2.24. The Labute approximate surface area is 167 Å². The molecule has 0 aliphatic heterocycles. The molecule has 2 N–H and O–H groups in total. The smallest absolute Gasteiger partial charge is 0.307 e. The van der Waals surface area contributed by atoms with Gasteiger partial charge in [-0.3, -0.25) is 14.7 Å². The number of carbonyl (C=O) groups is 2. The van der Waals surface area contributed by atoms with Crippen LogP contribution >= 0.6 is 11.8 Å². The fourth-order valence-electron chi connectivity index (χ4n) is 2.60. The Morgan fingerprint density at radius 1 is 1.11 bits per heavy atom. The Kier molecular flexibility index (Phi) is 6.10. The summed E-state index contributed by atoms with van der Waals surface area (Å²) in [5.41, 5.74) is 3.60. The molecule has 0 fully saturated rings. The van der Waals surface area contributed by atoms with Crippen LogP contribution in [0.5, 0.6) is 0 Å². The van der Waals surface area contributed by atoms with Crippen LogP contribution < -0.4 is 10.6 Å². The maximum absolute atomic E-state index is 12.4. The molecule has 1 aromatic heterocycles. The van der Waals surface area contributed by atoms with Crippen LogP contribution in [0.2, 0.25) is 0 Å². The van der Waals surface area contributed by atoms with Crippen molar-refractivity contribution in [1.82, 2.24) is 20.1 Å². The van der Waals surface area contributed by atoms with Gasteiger partial charge in [0.15, 0.2) is 5.16 Å². The third-order valence-corrected chi connectivity index (χ3v) is 5.13. The number of thioether (sulfide) groups is 1. The van der Waals surface area contributed by atoms with E-state index in [4.69, 9.17) is 0 Å². The number of hydrogen-bond donors (Lipinski definition) is 2. The fraction of sp³-hybridized carbons (Fsp3) is 0.200. The van der Waals surface area contributed by atoms with Gasteiger partial charge in [-0.1, -0.05) is 47.7 Å². The summed E-state index contributed by atoms with van der Waals surface area (Å²) in [4.78, 5) is 24.6. The molecule has 144 valence electrons. The second kappa shape index (κ2) is 8.71. The predicted octanol–water partition coefficient (Wildman–Crippen LogP) is 3.71. The molecule has 0 bridgehead atoms. The molecule has 7 nitrogen and oxygen atoms in total. The zero-order valence-electron chi connectivity index (χ0n) is 15.8. The lowest BCUT2D eigenvalue weighted by Gasteiger charge is -2.13. The maximum Gasteiger partial charge on any atom is 0.325 e. The molecule has 0 saturated heterocycles. The average Bonchev–Trinajstić information content (AvgIpc) is 3.12. The van der Waals surface area contributed by atoms with Crippen molar-refractivity contribution in [3.8, 4) is 5.69 Å². The number of urea groups is 1. The average molecular weight is 395 g/mol. The first-order valence-corrected chi connectivity index (χ1v) is 9.63. The lowest BCUT2D eigenvalue weighted by Crippen LogP contribution is -2.39. The van der Waals surface area contributed by atoms with E-state index in [0.717, 1.165) is 16.8 Å². The van der Waals surface area contributed by atoms with Gasteiger partial charge < -0.3 is 5.32 Å².